The van der Waals surface area contributed by atoms with Gasteiger partial charge in [-0.3, -0.25) is 4.79 Å². The van der Waals surface area contributed by atoms with Crippen molar-refractivity contribution >= 4 is 21.9 Å². The minimum absolute atomic E-state index is 0.0915. The molecular weight excluding hydrogens is 268 g/mol. The fraction of sp³-hybridized carbons (Fsp3) is 0.462. The average molecular weight is 281 g/mol. The third-order valence-electron chi connectivity index (χ3n) is 4.03. The van der Waals surface area contributed by atoms with Crippen LogP contribution in [-0.2, 0) is 10.2 Å². The predicted molar refractivity (Wildman–Crippen MR) is 64.3 cm³/mol. The van der Waals surface area contributed by atoms with E-state index in [0.717, 1.165) is 23.7 Å². The van der Waals surface area contributed by atoms with Crippen LogP contribution >= 0.6 is 15.9 Å². The Morgan fingerprint density at radius 2 is 1.94 bits per heavy atom. The van der Waals surface area contributed by atoms with Gasteiger partial charge in [-0.2, -0.15) is 0 Å². The van der Waals surface area contributed by atoms with Gasteiger partial charge in [0.25, 0.3) is 0 Å². The number of rotatable bonds is 3. The Morgan fingerprint density at radius 3 is 2.38 bits per heavy atom. The molecule has 1 aromatic rings. The van der Waals surface area contributed by atoms with Crippen LogP contribution in [0.4, 0.5) is 0 Å². The third kappa shape index (κ3) is 1.49. The van der Waals surface area contributed by atoms with E-state index in [2.05, 4.69) is 28.1 Å². The summed E-state index contributed by atoms with van der Waals surface area (Å²) < 4.78 is 1.08. The van der Waals surface area contributed by atoms with E-state index in [1.807, 2.05) is 12.1 Å². The highest BCUT2D eigenvalue weighted by Gasteiger charge is 2.62. The van der Waals surface area contributed by atoms with Crippen molar-refractivity contribution in [3.63, 3.8) is 0 Å². The highest BCUT2D eigenvalue weighted by molar-refractivity contribution is 9.10. The molecule has 0 radical (unpaired) electrons. The maximum absolute atomic E-state index is 10.9. The van der Waals surface area contributed by atoms with Crippen molar-refractivity contribution in [2.75, 3.05) is 0 Å². The molecule has 2 nitrogen and oxygen atoms in total. The molecule has 0 bridgehead atoms. The summed E-state index contributed by atoms with van der Waals surface area (Å²) in [7, 11) is 0. The van der Waals surface area contributed by atoms with E-state index in [1.54, 1.807) is 0 Å². The van der Waals surface area contributed by atoms with Crippen molar-refractivity contribution in [3.8, 4) is 0 Å². The molecule has 2 atom stereocenters. The maximum atomic E-state index is 10.9. The summed E-state index contributed by atoms with van der Waals surface area (Å²) in [6.45, 7) is 0. The van der Waals surface area contributed by atoms with E-state index in [9.17, 15) is 4.79 Å². The summed E-state index contributed by atoms with van der Waals surface area (Å²) >= 11 is 3.43. The molecule has 3 rings (SSSR count). The molecule has 0 aliphatic heterocycles. The topological polar surface area (TPSA) is 37.3 Å². The second kappa shape index (κ2) is 3.33. The molecule has 2 aliphatic carbocycles. The van der Waals surface area contributed by atoms with Crippen molar-refractivity contribution in [2.45, 2.75) is 24.7 Å². The van der Waals surface area contributed by atoms with Gasteiger partial charge in [-0.25, -0.2) is 0 Å². The summed E-state index contributed by atoms with van der Waals surface area (Å²) in [6.07, 6.45) is 3.18. The zero-order chi connectivity index (χ0) is 11.3. The fourth-order valence-electron chi connectivity index (χ4n) is 2.87. The molecule has 1 N–H and O–H groups in total. The van der Waals surface area contributed by atoms with E-state index in [1.165, 1.54) is 5.56 Å². The largest absolute Gasteiger partial charge is 0.481 e. The first kappa shape index (κ1) is 10.3. The lowest BCUT2D eigenvalue weighted by atomic mass is 9.89. The minimum Gasteiger partial charge on any atom is -0.481 e. The minimum atomic E-state index is -0.617. The SMILES string of the molecule is O=C(O)C1CC1C1(c2ccc(Br)cc2)CC1. The number of carbonyl (C=O) groups is 1. The van der Waals surface area contributed by atoms with Crippen molar-refractivity contribution in [2.24, 2.45) is 11.8 Å². The van der Waals surface area contributed by atoms with Crippen LogP contribution < -0.4 is 0 Å². The lowest BCUT2D eigenvalue weighted by molar-refractivity contribution is -0.139. The molecular formula is C13H13BrO2. The number of carboxylic acid groups (broad SMARTS) is 1. The molecule has 2 aliphatic rings. The lowest BCUT2D eigenvalue weighted by Gasteiger charge is -2.15. The van der Waals surface area contributed by atoms with Gasteiger partial charge in [-0.05, 0) is 48.3 Å². The number of aliphatic carboxylic acids is 1. The van der Waals surface area contributed by atoms with Gasteiger partial charge in [0, 0.05) is 4.47 Å². The summed E-state index contributed by atoms with van der Waals surface area (Å²) in [5, 5.41) is 9.00. The zero-order valence-electron chi connectivity index (χ0n) is 8.82. The Bertz CT molecular complexity index is 434. The van der Waals surface area contributed by atoms with Crippen LogP contribution in [0.5, 0.6) is 0 Å². The van der Waals surface area contributed by atoms with Gasteiger partial charge in [0.2, 0.25) is 0 Å². The Hall–Kier alpha value is -0.830. The Kier molecular flexibility index (Phi) is 2.15. The first-order chi connectivity index (χ1) is 7.63. The number of hydrogen-bond donors (Lipinski definition) is 1. The van der Waals surface area contributed by atoms with Crippen LogP contribution in [-0.4, -0.2) is 11.1 Å². The molecule has 3 heteroatoms. The van der Waals surface area contributed by atoms with Crippen LogP contribution in [0.2, 0.25) is 0 Å². The highest BCUT2D eigenvalue weighted by Crippen LogP contribution is 2.64. The van der Waals surface area contributed by atoms with Crippen LogP contribution in [0.15, 0.2) is 28.7 Å². The normalized spacial score (nSPS) is 29.8. The van der Waals surface area contributed by atoms with Crippen molar-refractivity contribution in [3.05, 3.63) is 34.3 Å². The summed E-state index contributed by atoms with van der Waals surface area (Å²) in [4.78, 5) is 10.9. The molecule has 0 amide bonds. The Balaban J connectivity index is 1.85. The van der Waals surface area contributed by atoms with Gasteiger partial charge in [0.1, 0.15) is 0 Å². The molecule has 0 spiro atoms. The smallest absolute Gasteiger partial charge is 0.306 e. The van der Waals surface area contributed by atoms with Crippen LogP contribution in [0, 0.1) is 11.8 Å². The number of carboxylic acids is 1. The Morgan fingerprint density at radius 1 is 1.31 bits per heavy atom. The second-order valence-corrected chi connectivity index (χ2v) is 5.87. The molecule has 0 aromatic heterocycles. The van der Waals surface area contributed by atoms with E-state index >= 15 is 0 Å². The van der Waals surface area contributed by atoms with Crippen molar-refractivity contribution < 1.29 is 9.90 Å². The number of halogens is 1. The standard InChI is InChI=1S/C13H13BrO2/c14-9-3-1-8(2-4-9)13(5-6-13)11-7-10(11)12(15)16/h1-4,10-11H,5-7H2,(H,15,16). The summed E-state index contributed by atoms with van der Waals surface area (Å²) in [5.74, 6) is -0.328. The van der Waals surface area contributed by atoms with Gasteiger partial charge in [-0.1, -0.05) is 28.1 Å². The maximum Gasteiger partial charge on any atom is 0.306 e. The monoisotopic (exact) mass is 280 g/mol. The number of hydrogen-bond acceptors (Lipinski definition) is 1. The second-order valence-electron chi connectivity index (χ2n) is 4.95. The highest BCUT2D eigenvalue weighted by atomic mass is 79.9. The van der Waals surface area contributed by atoms with Gasteiger partial charge < -0.3 is 5.11 Å². The molecule has 2 fully saturated rings. The fourth-order valence-corrected chi connectivity index (χ4v) is 3.13. The quantitative estimate of drug-likeness (QED) is 0.923. The molecule has 2 saturated carbocycles. The zero-order valence-corrected chi connectivity index (χ0v) is 10.4. The molecule has 2 unspecified atom stereocenters. The molecule has 1 aromatic carbocycles. The Labute approximate surface area is 103 Å². The first-order valence-corrected chi connectivity index (χ1v) is 6.42. The van der Waals surface area contributed by atoms with Crippen molar-refractivity contribution in [1.82, 2.24) is 0 Å². The first-order valence-electron chi connectivity index (χ1n) is 5.62. The van der Waals surface area contributed by atoms with E-state index < -0.39 is 5.97 Å². The molecule has 0 heterocycles. The molecule has 16 heavy (non-hydrogen) atoms. The molecule has 0 saturated heterocycles. The predicted octanol–water partition coefficient (Wildman–Crippen LogP) is 3.20. The summed E-state index contributed by atoms with van der Waals surface area (Å²) in [5.41, 5.74) is 1.52. The van der Waals surface area contributed by atoms with Crippen molar-refractivity contribution in [1.29, 1.82) is 0 Å². The van der Waals surface area contributed by atoms with Gasteiger partial charge in [0.15, 0.2) is 0 Å². The van der Waals surface area contributed by atoms with Gasteiger partial charge >= 0.3 is 5.97 Å². The average Bonchev–Trinajstić information content (AvgIpc) is 3.12. The lowest BCUT2D eigenvalue weighted by Crippen LogP contribution is -2.13. The van der Waals surface area contributed by atoms with Crippen LogP contribution in [0.25, 0.3) is 0 Å². The van der Waals surface area contributed by atoms with E-state index in [-0.39, 0.29) is 11.3 Å². The third-order valence-corrected chi connectivity index (χ3v) is 4.55. The molecule has 84 valence electrons. The number of benzene rings is 1. The van der Waals surface area contributed by atoms with Crippen LogP contribution in [0.3, 0.4) is 0 Å². The van der Waals surface area contributed by atoms with Crippen LogP contribution in [0.1, 0.15) is 24.8 Å². The van der Waals surface area contributed by atoms with E-state index in [0.29, 0.717) is 5.92 Å². The summed E-state index contributed by atoms with van der Waals surface area (Å²) in [6, 6.07) is 8.36. The van der Waals surface area contributed by atoms with E-state index in [4.69, 9.17) is 5.11 Å². The van der Waals surface area contributed by atoms with Gasteiger partial charge in [0.05, 0.1) is 5.92 Å². The van der Waals surface area contributed by atoms with Gasteiger partial charge in [-0.15, -0.1) is 0 Å².